The Bertz CT molecular complexity index is 1700. The molecular formula is C36H41N3O4S. The van der Waals surface area contributed by atoms with Gasteiger partial charge < -0.3 is 10.2 Å². The lowest BCUT2D eigenvalue weighted by molar-refractivity contribution is -0.140. The van der Waals surface area contributed by atoms with E-state index >= 15 is 0 Å². The first-order valence-corrected chi connectivity index (χ1v) is 16.3. The highest BCUT2D eigenvalue weighted by Gasteiger charge is 2.35. The van der Waals surface area contributed by atoms with Crippen LogP contribution in [0.3, 0.4) is 0 Å². The van der Waals surface area contributed by atoms with E-state index in [1.807, 2.05) is 101 Å². The summed E-state index contributed by atoms with van der Waals surface area (Å²) in [5.74, 6) is -0.770. The lowest BCUT2D eigenvalue weighted by atomic mass is 10.0. The number of carbonyl (C=O) groups is 2. The molecule has 0 aliphatic rings. The van der Waals surface area contributed by atoms with Crippen LogP contribution in [0.2, 0.25) is 0 Å². The predicted octanol–water partition coefficient (Wildman–Crippen LogP) is 5.89. The van der Waals surface area contributed by atoms with Gasteiger partial charge in [-0.15, -0.1) is 0 Å². The molecule has 7 nitrogen and oxygen atoms in total. The molecule has 230 valence electrons. The molecule has 4 aromatic rings. The maximum absolute atomic E-state index is 14.5. The van der Waals surface area contributed by atoms with Crippen molar-refractivity contribution in [1.82, 2.24) is 10.2 Å². The Morgan fingerprint density at radius 1 is 0.773 bits per heavy atom. The maximum atomic E-state index is 14.5. The number of aryl methyl sites for hydroxylation is 4. The second-order valence-electron chi connectivity index (χ2n) is 11.2. The van der Waals surface area contributed by atoms with Gasteiger partial charge in [0.15, 0.2) is 0 Å². The highest BCUT2D eigenvalue weighted by molar-refractivity contribution is 7.92. The number of amides is 2. The Morgan fingerprint density at radius 2 is 1.41 bits per heavy atom. The smallest absolute Gasteiger partial charge is 0.264 e. The third kappa shape index (κ3) is 7.74. The van der Waals surface area contributed by atoms with Crippen molar-refractivity contribution in [3.63, 3.8) is 0 Å². The molecule has 0 unspecified atom stereocenters. The van der Waals surface area contributed by atoms with E-state index in [-0.39, 0.29) is 23.8 Å². The highest BCUT2D eigenvalue weighted by atomic mass is 32.2. The topological polar surface area (TPSA) is 86.8 Å². The number of hydrogen-bond donors (Lipinski definition) is 1. The zero-order valence-corrected chi connectivity index (χ0v) is 26.9. The molecule has 2 amide bonds. The maximum Gasteiger partial charge on any atom is 0.264 e. The summed E-state index contributed by atoms with van der Waals surface area (Å²) in [6.45, 7) is 9.52. The quantitative estimate of drug-likeness (QED) is 0.216. The summed E-state index contributed by atoms with van der Waals surface area (Å²) < 4.78 is 29.6. The van der Waals surface area contributed by atoms with E-state index in [9.17, 15) is 18.0 Å². The second kappa shape index (κ2) is 14.4. The summed E-state index contributed by atoms with van der Waals surface area (Å²) in [5.41, 5.74) is 5.78. The van der Waals surface area contributed by atoms with Crippen LogP contribution in [0.1, 0.15) is 40.3 Å². The third-order valence-corrected chi connectivity index (χ3v) is 9.51. The zero-order chi connectivity index (χ0) is 31.9. The molecule has 8 heteroatoms. The number of rotatable bonds is 12. The molecule has 0 aromatic heterocycles. The number of carbonyl (C=O) groups excluding carboxylic acids is 2. The molecular weight excluding hydrogens is 570 g/mol. The fourth-order valence-electron chi connectivity index (χ4n) is 5.25. The number of benzene rings is 4. The van der Waals surface area contributed by atoms with E-state index in [0.29, 0.717) is 12.2 Å². The first-order valence-electron chi connectivity index (χ1n) is 14.8. The molecule has 44 heavy (non-hydrogen) atoms. The average Bonchev–Trinajstić information content (AvgIpc) is 2.99. The van der Waals surface area contributed by atoms with Gasteiger partial charge in [0.1, 0.15) is 12.6 Å². The molecule has 0 saturated carbocycles. The molecule has 1 atom stereocenters. The van der Waals surface area contributed by atoms with E-state index in [4.69, 9.17) is 0 Å². The summed E-state index contributed by atoms with van der Waals surface area (Å²) in [6.07, 6.45) is 0.276. The number of likely N-dealkylation sites (N-methyl/N-ethyl adjacent to an activating group) is 1. The largest absolute Gasteiger partial charge is 0.355 e. The Balaban J connectivity index is 1.83. The fourth-order valence-corrected chi connectivity index (χ4v) is 6.73. The molecule has 0 saturated heterocycles. The van der Waals surface area contributed by atoms with E-state index < -0.39 is 28.5 Å². The van der Waals surface area contributed by atoms with E-state index in [2.05, 4.69) is 5.32 Å². The van der Waals surface area contributed by atoms with Crippen LogP contribution in [0.25, 0.3) is 0 Å². The fraction of sp³-hybridized carbons (Fsp3) is 0.278. The zero-order valence-electron chi connectivity index (χ0n) is 26.1. The Kier molecular flexibility index (Phi) is 10.6. The van der Waals surface area contributed by atoms with Gasteiger partial charge in [0.25, 0.3) is 10.0 Å². The molecule has 0 heterocycles. The Hall–Kier alpha value is -4.43. The van der Waals surface area contributed by atoms with Gasteiger partial charge in [-0.2, -0.15) is 0 Å². The van der Waals surface area contributed by atoms with E-state index in [0.717, 1.165) is 33.4 Å². The third-order valence-electron chi connectivity index (χ3n) is 7.73. The van der Waals surface area contributed by atoms with E-state index in [1.165, 1.54) is 9.21 Å². The molecule has 0 bridgehead atoms. The first-order chi connectivity index (χ1) is 21.0. The van der Waals surface area contributed by atoms with Crippen LogP contribution in [0.5, 0.6) is 0 Å². The standard InChI is InChI=1S/C36H41N3O4S/c1-6-37-36(41)34(23-30-13-8-7-9-14-30)38(24-31-15-11-10-12-28(31)4)35(40)25-39(33-21-18-27(3)22-29(33)5)44(42,43)32-19-16-26(2)17-20-32/h7-22,34H,6,23-25H2,1-5H3,(H,37,41)/t34-/m1/s1. The van der Waals surface area contributed by atoms with Gasteiger partial charge in [-0.05, 0) is 75.1 Å². The van der Waals surface area contributed by atoms with Crippen molar-refractivity contribution in [3.05, 3.63) is 130 Å². The number of hydrogen-bond acceptors (Lipinski definition) is 4. The SMILES string of the molecule is CCNC(=O)[C@@H](Cc1ccccc1)N(Cc1ccccc1C)C(=O)CN(c1ccc(C)cc1C)S(=O)(=O)c1ccc(C)cc1. The van der Waals surface area contributed by atoms with Crippen LogP contribution in [0.15, 0.2) is 102 Å². The monoisotopic (exact) mass is 611 g/mol. The molecule has 4 aromatic carbocycles. The van der Waals surface area contributed by atoms with Crippen molar-refractivity contribution < 1.29 is 18.0 Å². The van der Waals surface area contributed by atoms with Crippen molar-refractivity contribution in [2.75, 3.05) is 17.4 Å². The Labute approximate surface area is 261 Å². The number of nitrogens with one attached hydrogen (secondary N) is 1. The van der Waals surface area contributed by atoms with Crippen LogP contribution >= 0.6 is 0 Å². The van der Waals surface area contributed by atoms with Gasteiger partial charge >= 0.3 is 0 Å². The molecule has 0 aliphatic carbocycles. The van der Waals surface area contributed by atoms with Crippen molar-refractivity contribution in [1.29, 1.82) is 0 Å². The minimum absolute atomic E-state index is 0.0888. The summed E-state index contributed by atoms with van der Waals surface area (Å²) in [5, 5.41) is 2.90. The molecule has 0 spiro atoms. The number of anilines is 1. The number of sulfonamides is 1. The minimum atomic E-state index is -4.15. The van der Waals surface area contributed by atoms with Crippen LogP contribution < -0.4 is 9.62 Å². The summed E-state index contributed by atoms with van der Waals surface area (Å²) in [6, 6.07) is 28.4. The lowest BCUT2D eigenvalue weighted by Crippen LogP contribution is -2.53. The summed E-state index contributed by atoms with van der Waals surface area (Å²) in [7, 11) is -4.15. The van der Waals surface area contributed by atoms with Gasteiger partial charge in [-0.1, -0.05) is 90.0 Å². The lowest BCUT2D eigenvalue weighted by Gasteiger charge is -2.34. The van der Waals surface area contributed by atoms with Crippen LogP contribution in [-0.2, 0) is 32.6 Å². The van der Waals surface area contributed by atoms with Crippen molar-refractivity contribution in [2.45, 2.75) is 58.5 Å². The van der Waals surface area contributed by atoms with Gasteiger partial charge in [0, 0.05) is 19.5 Å². The van der Waals surface area contributed by atoms with E-state index in [1.54, 1.807) is 30.3 Å². The van der Waals surface area contributed by atoms with Crippen molar-refractivity contribution in [2.24, 2.45) is 0 Å². The summed E-state index contributed by atoms with van der Waals surface area (Å²) in [4.78, 5) is 29.8. The van der Waals surface area contributed by atoms with Gasteiger partial charge in [0.2, 0.25) is 11.8 Å². The average molecular weight is 612 g/mol. The molecule has 0 fully saturated rings. The molecule has 1 N–H and O–H groups in total. The first kappa shape index (κ1) is 32.5. The van der Waals surface area contributed by atoms with Gasteiger partial charge in [0.05, 0.1) is 10.6 Å². The normalized spacial score (nSPS) is 11.9. The minimum Gasteiger partial charge on any atom is -0.355 e. The van der Waals surface area contributed by atoms with Crippen molar-refractivity contribution in [3.8, 4) is 0 Å². The van der Waals surface area contributed by atoms with Crippen molar-refractivity contribution >= 4 is 27.5 Å². The van der Waals surface area contributed by atoms with Crippen LogP contribution in [-0.4, -0.2) is 44.3 Å². The second-order valence-corrected chi connectivity index (χ2v) is 13.0. The van der Waals surface area contributed by atoms with Crippen LogP contribution in [0, 0.1) is 27.7 Å². The predicted molar refractivity (Wildman–Crippen MR) is 176 cm³/mol. The molecule has 0 aliphatic heterocycles. The van der Waals surface area contributed by atoms with Crippen LogP contribution in [0.4, 0.5) is 5.69 Å². The van der Waals surface area contributed by atoms with Gasteiger partial charge in [-0.25, -0.2) is 8.42 Å². The Morgan fingerprint density at radius 3 is 2.05 bits per heavy atom. The summed E-state index contributed by atoms with van der Waals surface area (Å²) >= 11 is 0. The highest BCUT2D eigenvalue weighted by Crippen LogP contribution is 2.29. The number of nitrogens with zero attached hydrogens (tertiary/aromatic N) is 2. The molecule has 0 radical (unpaired) electrons. The van der Waals surface area contributed by atoms with Gasteiger partial charge in [-0.3, -0.25) is 13.9 Å². The molecule has 4 rings (SSSR count).